The monoisotopic (exact) mass is 449 g/mol. The number of methoxy groups -OCH3 is 2. The summed E-state index contributed by atoms with van der Waals surface area (Å²) in [5.74, 6) is 0.000500. The number of nitrogens with two attached hydrogens (primary N) is 1. The molecule has 31 heavy (non-hydrogen) atoms. The molecule has 0 saturated carbocycles. The molecule has 0 aliphatic carbocycles. The van der Waals surface area contributed by atoms with Crippen LogP contribution in [0.5, 0.6) is 11.5 Å². The van der Waals surface area contributed by atoms with E-state index in [2.05, 4.69) is 48.2 Å². The summed E-state index contributed by atoms with van der Waals surface area (Å²) in [6.07, 6.45) is 0. The molecule has 0 saturated heterocycles. The standard InChI is InChI=1S/C21H31N5O4S/c1-12(2)26(13(3)4)8-7-23-20(28)16-11-31-21(24-16)25-19(27)14-9-15(22)18(30-6)10-17(14)29-5/h9-13H,7-8,22H2,1-6H3,(H,23,28)(H,24,25,27). The normalized spacial score (nSPS) is 11.1. The zero-order valence-corrected chi connectivity index (χ0v) is 19.6. The van der Waals surface area contributed by atoms with Gasteiger partial charge in [0.25, 0.3) is 11.8 Å². The number of thiazole rings is 1. The molecular formula is C21H31N5O4S. The Balaban J connectivity index is 2.01. The highest BCUT2D eigenvalue weighted by Gasteiger charge is 2.19. The fraction of sp³-hybridized carbons (Fsp3) is 0.476. The van der Waals surface area contributed by atoms with E-state index in [9.17, 15) is 9.59 Å². The molecule has 1 aromatic heterocycles. The van der Waals surface area contributed by atoms with Gasteiger partial charge >= 0.3 is 0 Å². The Labute approximate surface area is 186 Å². The molecule has 0 aliphatic heterocycles. The molecule has 9 nitrogen and oxygen atoms in total. The number of benzene rings is 1. The van der Waals surface area contributed by atoms with Crippen molar-refractivity contribution in [1.29, 1.82) is 0 Å². The van der Waals surface area contributed by atoms with Crippen LogP contribution >= 0.6 is 11.3 Å². The highest BCUT2D eigenvalue weighted by atomic mass is 32.1. The first-order valence-corrected chi connectivity index (χ1v) is 10.9. The number of ether oxygens (including phenoxy) is 2. The fourth-order valence-corrected chi connectivity index (χ4v) is 3.89. The average molecular weight is 450 g/mol. The smallest absolute Gasteiger partial charge is 0.270 e. The van der Waals surface area contributed by atoms with Crippen LogP contribution in [0.1, 0.15) is 48.5 Å². The Bertz CT molecular complexity index is 905. The summed E-state index contributed by atoms with van der Waals surface area (Å²) < 4.78 is 10.4. The van der Waals surface area contributed by atoms with Gasteiger partial charge in [0.1, 0.15) is 17.2 Å². The number of rotatable bonds is 10. The molecule has 4 N–H and O–H groups in total. The van der Waals surface area contributed by atoms with Gasteiger partial charge in [-0.15, -0.1) is 11.3 Å². The second kappa shape index (κ2) is 11.0. The summed E-state index contributed by atoms with van der Waals surface area (Å²) >= 11 is 1.16. The number of nitrogens with zero attached hydrogens (tertiary/aromatic N) is 2. The van der Waals surface area contributed by atoms with Gasteiger partial charge in [-0.25, -0.2) is 4.98 Å². The second-order valence-electron chi connectivity index (χ2n) is 7.47. The molecule has 0 bridgehead atoms. The van der Waals surface area contributed by atoms with E-state index in [1.807, 2.05) is 0 Å². The topological polar surface area (TPSA) is 119 Å². The second-order valence-corrected chi connectivity index (χ2v) is 8.33. The molecule has 0 aliphatic rings. The molecule has 0 radical (unpaired) electrons. The van der Waals surface area contributed by atoms with Crippen LogP contribution in [0.2, 0.25) is 0 Å². The minimum Gasteiger partial charge on any atom is -0.496 e. The molecule has 10 heteroatoms. The van der Waals surface area contributed by atoms with E-state index >= 15 is 0 Å². The molecule has 0 atom stereocenters. The van der Waals surface area contributed by atoms with E-state index in [1.165, 1.54) is 20.3 Å². The Hall–Kier alpha value is -2.85. The van der Waals surface area contributed by atoms with E-state index in [0.29, 0.717) is 40.9 Å². The maximum Gasteiger partial charge on any atom is 0.270 e. The van der Waals surface area contributed by atoms with Crippen molar-refractivity contribution in [3.8, 4) is 11.5 Å². The van der Waals surface area contributed by atoms with E-state index in [0.717, 1.165) is 17.9 Å². The van der Waals surface area contributed by atoms with Crippen molar-refractivity contribution in [2.45, 2.75) is 39.8 Å². The van der Waals surface area contributed by atoms with E-state index < -0.39 is 5.91 Å². The van der Waals surface area contributed by atoms with Crippen molar-refractivity contribution in [3.05, 3.63) is 28.8 Å². The highest BCUT2D eigenvalue weighted by Crippen LogP contribution is 2.31. The number of carbonyl (C=O) groups is 2. The van der Waals surface area contributed by atoms with Crippen molar-refractivity contribution < 1.29 is 19.1 Å². The van der Waals surface area contributed by atoms with Gasteiger partial charge in [-0.05, 0) is 33.8 Å². The maximum atomic E-state index is 12.7. The van der Waals surface area contributed by atoms with Crippen molar-refractivity contribution in [3.63, 3.8) is 0 Å². The number of hydrogen-bond donors (Lipinski definition) is 3. The highest BCUT2D eigenvalue weighted by molar-refractivity contribution is 7.14. The minimum absolute atomic E-state index is 0.240. The molecule has 0 spiro atoms. The number of nitrogen functional groups attached to an aromatic ring is 1. The Morgan fingerprint density at radius 2 is 1.74 bits per heavy atom. The largest absolute Gasteiger partial charge is 0.496 e. The van der Waals surface area contributed by atoms with Gasteiger partial charge in [0.15, 0.2) is 5.13 Å². The molecule has 2 amide bonds. The first kappa shape index (κ1) is 24.4. The summed E-state index contributed by atoms with van der Waals surface area (Å²) in [6, 6.07) is 3.80. The lowest BCUT2D eigenvalue weighted by Gasteiger charge is -2.30. The predicted octanol–water partition coefficient (Wildman–Crippen LogP) is 2.84. The number of anilines is 2. The number of hydrogen-bond acceptors (Lipinski definition) is 8. The molecule has 1 aromatic carbocycles. The molecule has 0 fully saturated rings. The first-order chi connectivity index (χ1) is 14.7. The lowest BCUT2D eigenvalue weighted by Crippen LogP contribution is -2.42. The van der Waals surface area contributed by atoms with Gasteiger partial charge in [-0.2, -0.15) is 0 Å². The van der Waals surface area contributed by atoms with E-state index in [4.69, 9.17) is 15.2 Å². The zero-order valence-electron chi connectivity index (χ0n) is 18.8. The summed E-state index contributed by atoms with van der Waals surface area (Å²) in [5, 5.41) is 7.46. The van der Waals surface area contributed by atoms with Gasteiger partial charge in [-0.1, -0.05) is 0 Å². The van der Waals surface area contributed by atoms with Gasteiger partial charge in [-0.3, -0.25) is 19.8 Å². The van der Waals surface area contributed by atoms with Crippen molar-refractivity contribution >= 4 is 34.0 Å². The molecule has 170 valence electrons. The molecule has 1 heterocycles. The van der Waals surface area contributed by atoms with Crippen molar-refractivity contribution in [1.82, 2.24) is 15.2 Å². The van der Waals surface area contributed by atoms with Crippen LogP contribution in [0, 0.1) is 0 Å². The zero-order chi connectivity index (χ0) is 23.1. The summed E-state index contributed by atoms with van der Waals surface area (Å²) in [6.45, 7) is 9.76. The summed E-state index contributed by atoms with van der Waals surface area (Å²) in [5.41, 5.74) is 6.71. The van der Waals surface area contributed by atoms with Crippen LogP contribution in [0.15, 0.2) is 17.5 Å². The molecule has 2 aromatic rings. The minimum atomic E-state index is -0.447. The summed E-state index contributed by atoms with van der Waals surface area (Å²) in [7, 11) is 2.93. The van der Waals surface area contributed by atoms with Crippen LogP contribution in [0.4, 0.5) is 10.8 Å². The van der Waals surface area contributed by atoms with Gasteiger partial charge in [0.05, 0.1) is 25.5 Å². The number of aromatic nitrogens is 1. The van der Waals surface area contributed by atoms with Crippen LogP contribution in [0.25, 0.3) is 0 Å². The third kappa shape index (κ3) is 6.31. The van der Waals surface area contributed by atoms with Crippen molar-refractivity contribution in [2.24, 2.45) is 0 Å². The lowest BCUT2D eigenvalue weighted by atomic mass is 10.1. The third-order valence-corrected chi connectivity index (χ3v) is 5.49. The maximum absolute atomic E-state index is 12.7. The van der Waals surface area contributed by atoms with Crippen LogP contribution in [-0.2, 0) is 0 Å². The van der Waals surface area contributed by atoms with E-state index in [1.54, 1.807) is 11.4 Å². The van der Waals surface area contributed by atoms with Crippen LogP contribution < -0.4 is 25.8 Å². The van der Waals surface area contributed by atoms with E-state index in [-0.39, 0.29) is 17.2 Å². The SMILES string of the molecule is COc1cc(OC)c(C(=O)Nc2nc(C(=O)NCCN(C(C)C)C(C)C)cs2)cc1N. The van der Waals surface area contributed by atoms with Gasteiger partial charge in [0, 0.05) is 36.6 Å². The Morgan fingerprint density at radius 3 is 2.32 bits per heavy atom. The summed E-state index contributed by atoms with van der Waals surface area (Å²) in [4.78, 5) is 31.6. The number of amides is 2. The van der Waals surface area contributed by atoms with Crippen LogP contribution in [0.3, 0.4) is 0 Å². The van der Waals surface area contributed by atoms with Gasteiger partial charge < -0.3 is 20.5 Å². The average Bonchev–Trinajstić information content (AvgIpc) is 3.18. The quantitative estimate of drug-likeness (QED) is 0.477. The number of carbonyl (C=O) groups excluding carboxylic acids is 2. The van der Waals surface area contributed by atoms with Gasteiger partial charge in [0.2, 0.25) is 0 Å². The molecule has 2 rings (SSSR count). The Morgan fingerprint density at radius 1 is 1.10 bits per heavy atom. The number of nitrogens with one attached hydrogen (secondary N) is 2. The molecule has 0 unspecified atom stereocenters. The van der Waals surface area contributed by atoms with Crippen LogP contribution in [-0.4, -0.2) is 61.1 Å². The predicted molar refractivity (Wildman–Crippen MR) is 123 cm³/mol. The third-order valence-electron chi connectivity index (χ3n) is 4.74. The molecular weight excluding hydrogens is 418 g/mol. The Kier molecular flexibility index (Phi) is 8.64. The lowest BCUT2D eigenvalue weighted by molar-refractivity contribution is 0.0934. The fourth-order valence-electron chi connectivity index (χ4n) is 3.20. The van der Waals surface area contributed by atoms with Crippen molar-refractivity contribution in [2.75, 3.05) is 38.4 Å². The first-order valence-electron chi connectivity index (χ1n) is 10.00.